The summed E-state index contributed by atoms with van der Waals surface area (Å²) in [5, 5.41) is 0. The number of alkyl halides is 2. The molecule has 232 valence electrons. The third-order valence-electron chi connectivity index (χ3n) is 13.3. The van der Waals surface area contributed by atoms with E-state index in [0.717, 1.165) is 42.4 Å². The molecule has 5 heteroatoms. The van der Waals surface area contributed by atoms with Gasteiger partial charge in [-0.25, -0.2) is 0 Å². The summed E-state index contributed by atoms with van der Waals surface area (Å²) < 4.78 is 36.8. The van der Waals surface area contributed by atoms with Crippen molar-refractivity contribution in [2.75, 3.05) is 11.5 Å². The highest BCUT2D eigenvalue weighted by atomic mass is 19.3. The molecule has 0 bridgehead atoms. The number of nitrogens with two attached hydrogens (primary N) is 2. The van der Waals surface area contributed by atoms with Gasteiger partial charge in [0.25, 0.3) is 0 Å². The van der Waals surface area contributed by atoms with Crippen molar-refractivity contribution < 1.29 is 13.5 Å². The Morgan fingerprint density at radius 3 is 2.12 bits per heavy atom. The van der Waals surface area contributed by atoms with Gasteiger partial charge in [-0.1, -0.05) is 67.7 Å². The second-order valence-corrected chi connectivity index (χ2v) is 16.4. The molecule has 1 aromatic carbocycles. The third kappa shape index (κ3) is 5.44. The van der Waals surface area contributed by atoms with Gasteiger partial charge in [0.1, 0.15) is 0 Å². The van der Waals surface area contributed by atoms with Crippen LogP contribution in [0.15, 0.2) is 18.2 Å². The first-order valence-corrected chi connectivity index (χ1v) is 16.8. The highest BCUT2D eigenvalue weighted by Crippen LogP contribution is 2.70. The minimum atomic E-state index is -3.42. The summed E-state index contributed by atoms with van der Waals surface area (Å²) in [6.45, 7) is 16.8. The molecule has 0 radical (unpaired) electrons. The van der Waals surface area contributed by atoms with Gasteiger partial charge in [0, 0.05) is 11.4 Å². The molecule has 1 aromatic rings. The van der Waals surface area contributed by atoms with E-state index in [4.69, 9.17) is 16.2 Å². The molecule has 4 N–H and O–H groups in total. The quantitative estimate of drug-likeness (QED) is 0.305. The number of ether oxygens (including phenoxy) is 1. The monoisotopic (exact) mass is 572 g/mol. The molecule has 0 saturated heterocycles. The molecular formula is C36H58F2N2O. The van der Waals surface area contributed by atoms with Gasteiger partial charge >= 0.3 is 6.11 Å². The Labute approximate surface area is 248 Å². The Morgan fingerprint density at radius 1 is 0.829 bits per heavy atom. The summed E-state index contributed by atoms with van der Waals surface area (Å²) in [7, 11) is 0. The zero-order valence-corrected chi connectivity index (χ0v) is 26.9. The molecule has 0 aromatic heterocycles. The second-order valence-electron chi connectivity index (χ2n) is 16.4. The first-order valence-electron chi connectivity index (χ1n) is 16.8. The molecule has 4 aliphatic rings. The number of hydrogen-bond acceptors (Lipinski definition) is 3. The van der Waals surface area contributed by atoms with Crippen LogP contribution in [0.25, 0.3) is 0 Å². The molecule has 5 rings (SSSR count). The maximum atomic E-state index is 15.5. The van der Waals surface area contributed by atoms with Crippen LogP contribution < -0.4 is 11.5 Å². The Bertz CT molecular complexity index is 1070. The minimum absolute atomic E-state index is 0.186. The van der Waals surface area contributed by atoms with Crippen LogP contribution in [0.2, 0.25) is 0 Å². The Balaban J connectivity index is 1.30. The Morgan fingerprint density at radius 2 is 1.46 bits per heavy atom. The third-order valence-corrected chi connectivity index (χ3v) is 13.3. The summed E-state index contributed by atoms with van der Waals surface area (Å²) in [6, 6.07) is 4.09. The van der Waals surface area contributed by atoms with E-state index in [0.29, 0.717) is 23.7 Å². The average Bonchev–Trinajstić information content (AvgIpc) is 3.22. The van der Waals surface area contributed by atoms with E-state index >= 15 is 8.78 Å². The van der Waals surface area contributed by atoms with Gasteiger partial charge < -0.3 is 16.2 Å². The lowest BCUT2D eigenvalue weighted by atomic mass is 9.41. The highest BCUT2D eigenvalue weighted by Gasteiger charge is 2.64. The van der Waals surface area contributed by atoms with E-state index in [1.54, 1.807) is 0 Å². The number of hydrogen-bond donors (Lipinski definition) is 2. The van der Waals surface area contributed by atoms with Gasteiger partial charge in [0.15, 0.2) is 0 Å². The van der Waals surface area contributed by atoms with Crippen molar-refractivity contribution >= 4 is 11.4 Å². The predicted octanol–water partition coefficient (Wildman–Crippen LogP) is 10.0. The lowest BCUT2D eigenvalue weighted by molar-refractivity contribution is -0.312. The molecule has 41 heavy (non-hydrogen) atoms. The Kier molecular flexibility index (Phi) is 8.32. The van der Waals surface area contributed by atoms with E-state index in [1.165, 1.54) is 69.6 Å². The average molecular weight is 573 g/mol. The smallest absolute Gasteiger partial charge is 0.383 e. The van der Waals surface area contributed by atoms with Gasteiger partial charge in [-0.2, -0.15) is 8.78 Å². The van der Waals surface area contributed by atoms with E-state index in [1.807, 2.05) is 0 Å². The summed E-state index contributed by atoms with van der Waals surface area (Å²) in [5.41, 5.74) is 12.2. The molecule has 0 heterocycles. The molecule has 4 fully saturated rings. The number of nitrogen functional groups attached to an aromatic ring is 2. The summed E-state index contributed by atoms with van der Waals surface area (Å²) in [4.78, 5) is 0. The highest BCUT2D eigenvalue weighted by molar-refractivity contribution is 5.55. The first-order chi connectivity index (χ1) is 19.1. The zero-order chi connectivity index (χ0) is 30.0. The van der Waals surface area contributed by atoms with E-state index in [-0.39, 0.29) is 27.8 Å². The van der Waals surface area contributed by atoms with Crippen molar-refractivity contribution in [2.45, 2.75) is 131 Å². The maximum Gasteiger partial charge on any atom is 0.383 e. The van der Waals surface area contributed by atoms with Crippen LogP contribution in [0.1, 0.15) is 125 Å². The van der Waals surface area contributed by atoms with Crippen molar-refractivity contribution in [3.05, 3.63) is 23.8 Å². The molecule has 4 aliphatic carbocycles. The molecule has 0 aliphatic heterocycles. The normalized spacial score (nSPS) is 39.2. The zero-order valence-electron chi connectivity index (χ0n) is 26.9. The lowest BCUT2D eigenvalue weighted by Crippen LogP contribution is -2.60. The van der Waals surface area contributed by atoms with E-state index in [2.05, 4.69) is 48.5 Å². The fraction of sp³-hybridized carbons (Fsp3) is 0.833. The number of fused-ring (bicyclic) bond motifs is 5. The van der Waals surface area contributed by atoms with Gasteiger partial charge in [-0.05, 0) is 127 Å². The van der Waals surface area contributed by atoms with E-state index < -0.39 is 12.2 Å². The van der Waals surface area contributed by atoms with Crippen molar-refractivity contribution in [3.8, 4) is 0 Å². The number of anilines is 2. The molecule has 0 amide bonds. The molecular weight excluding hydrogens is 514 g/mol. The van der Waals surface area contributed by atoms with Gasteiger partial charge in [-0.3, -0.25) is 0 Å². The van der Waals surface area contributed by atoms with Crippen molar-refractivity contribution in [3.63, 3.8) is 0 Å². The van der Waals surface area contributed by atoms with E-state index in [9.17, 15) is 0 Å². The predicted molar refractivity (Wildman–Crippen MR) is 166 cm³/mol. The van der Waals surface area contributed by atoms with Gasteiger partial charge in [0.2, 0.25) is 0 Å². The van der Waals surface area contributed by atoms with Crippen molar-refractivity contribution in [1.82, 2.24) is 0 Å². The van der Waals surface area contributed by atoms with Crippen LogP contribution in [-0.4, -0.2) is 6.10 Å². The lowest BCUT2D eigenvalue weighted by Gasteiger charge is -2.65. The van der Waals surface area contributed by atoms with Gasteiger partial charge in [-0.15, -0.1) is 0 Å². The second kappa shape index (κ2) is 11.0. The van der Waals surface area contributed by atoms with Crippen LogP contribution >= 0.6 is 0 Å². The standard InChI is InChI=1S/C36H58F2N2O/c1-22(2)9-8-10-23(3)28-12-13-29-27-11-14-31-33(4,5)32(16-18-35(31,7)30(27)15-17-34(28,29)6)41-36(37,38)24-19-25(39)21-26(40)20-24/h19-23,27-32H,8-18,39-40H2,1-7H3/t23?,27-,28+,29-,30-,31?,32?,34+,35+/m0/s1. The van der Waals surface area contributed by atoms with Crippen molar-refractivity contribution in [1.29, 1.82) is 0 Å². The molecule has 0 spiro atoms. The largest absolute Gasteiger partial charge is 0.399 e. The summed E-state index contributed by atoms with van der Waals surface area (Å²) in [6.07, 6.45) is 9.62. The molecule has 3 nitrogen and oxygen atoms in total. The minimum Gasteiger partial charge on any atom is -0.399 e. The van der Waals surface area contributed by atoms with Crippen LogP contribution in [0.3, 0.4) is 0 Å². The van der Waals surface area contributed by atoms with Crippen LogP contribution in [0, 0.1) is 57.7 Å². The number of rotatable bonds is 8. The first kappa shape index (κ1) is 31.1. The fourth-order valence-electron chi connectivity index (χ4n) is 11.4. The van der Waals surface area contributed by atoms with Crippen LogP contribution in [0.4, 0.5) is 20.2 Å². The van der Waals surface area contributed by atoms with Crippen molar-refractivity contribution in [2.24, 2.45) is 57.7 Å². The van der Waals surface area contributed by atoms with Crippen LogP contribution in [-0.2, 0) is 10.8 Å². The molecule has 9 atom stereocenters. The summed E-state index contributed by atoms with van der Waals surface area (Å²) >= 11 is 0. The van der Waals surface area contributed by atoms with Gasteiger partial charge in [0.05, 0.1) is 11.7 Å². The maximum absolute atomic E-state index is 15.5. The number of benzene rings is 1. The number of halogens is 2. The molecule has 4 saturated carbocycles. The SMILES string of the molecule is CC(C)CCCC(C)[C@H]1CC[C@H]2[C@@H]3CCC4C(C)(C)C(OC(F)(F)c5cc(N)cc(N)c5)CC[C@]4(C)[C@H]3CC[C@]12C. The molecule has 3 unspecified atom stereocenters. The summed E-state index contributed by atoms with van der Waals surface area (Å²) in [5.74, 6) is 5.16. The van der Waals surface area contributed by atoms with Crippen LogP contribution in [0.5, 0.6) is 0 Å². The Hall–Kier alpha value is -1.36. The topological polar surface area (TPSA) is 61.3 Å². The fourth-order valence-corrected chi connectivity index (χ4v) is 11.4.